The molecule has 0 fully saturated rings. The summed E-state index contributed by atoms with van der Waals surface area (Å²) < 4.78 is 30.0. The van der Waals surface area contributed by atoms with Crippen molar-refractivity contribution >= 4 is 11.9 Å². The molecular formula is C10H9F2N2O2. The van der Waals surface area contributed by atoms with Crippen LogP contribution in [0.5, 0.6) is 0 Å². The van der Waals surface area contributed by atoms with Gasteiger partial charge in [0.2, 0.25) is 0 Å². The van der Waals surface area contributed by atoms with Crippen LogP contribution >= 0.6 is 0 Å². The Morgan fingerprint density at radius 3 is 2.56 bits per heavy atom. The second kappa shape index (κ2) is 5.20. The number of carbonyl (C=O) groups excluding carboxylic acids is 1. The third kappa shape index (κ3) is 3.30. The summed E-state index contributed by atoms with van der Waals surface area (Å²) in [7, 11) is 0. The zero-order valence-electron chi connectivity index (χ0n) is 8.46. The molecule has 0 aromatic heterocycles. The second-order valence-corrected chi connectivity index (χ2v) is 2.76. The number of hydrogen-bond acceptors (Lipinski definition) is 2. The lowest BCUT2D eigenvalue weighted by molar-refractivity contribution is 0.163. The van der Waals surface area contributed by atoms with Crippen molar-refractivity contribution < 1.29 is 18.3 Å². The number of rotatable bonds is 2. The molecule has 1 rings (SSSR count). The van der Waals surface area contributed by atoms with E-state index in [9.17, 15) is 13.6 Å². The van der Waals surface area contributed by atoms with Crippen LogP contribution < -0.4 is 5.73 Å². The standard InChI is InChI=1S/C10H9F2N2O2/c1-2-16-10(15)14-9(13)6-3-7(11)5-8(12)4-6/h3-4H,2H2,1H3,(H2,13,14,15). The monoisotopic (exact) mass is 227 g/mol. The highest BCUT2D eigenvalue weighted by atomic mass is 19.1. The number of benzene rings is 1. The van der Waals surface area contributed by atoms with E-state index in [1.165, 1.54) is 0 Å². The van der Waals surface area contributed by atoms with E-state index in [1.54, 1.807) is 13.0 Å². The van der Waals surface area contributed by atoms with Crippen LogP contribution in [-0.2, 0) is 4.74 Å². The van der Waals surface area contributed by atoms with E-state index >= 15 is 0 Å². The third-order valence-corrected chi connectivity index (χ3v) is 1.58. The summed E-state index contributed by atoms with van der Waals surface area (Å²) in [5, 5.41) is 0. The lowest BCUT2D eigenvalue weighted by atomic mass is 10.2. The molecule has 16 heavy (non-hydrogen) atoms. The van der Waals surface area contributed by atoms with Gasteiger partial charge < -0.3 is 10.5 Å². The normalized spacial score (nSPS) is 11.3. The van der Waals surface area contributed by atoms with Gasteiger partial charge in [-0.1, -0.05) is 0 Å². The van der Waals surface area contributed by atoms with Crippen molar-refractivity contribution in [2.45, 2.75) is 6.92 Å². The molecule has 0 aliphatic rings. The summed E-state index contributed by atoms with van der Waals surface area (Å²) in [5.74, 6) is -2.15. The number of nitrogens with zero attached hydrogens (tertiary/aromatic N) is 1. The van der Waals surface area contributed by atoms with Gasteiger partial charge in [0.05, 0.1) is 12.7 Å². The summed E-state index contributed by atoms with van der Waals surface area (Å²) in [6, 6.07) is 3.62. The van der Waals surface area contributed by atoms with Gasteiger partial charge >= 0.3 is 6.09 Å². The van der Waals surface area contributed by atoms with Crippen molar-refractivity contribution in [3.8, 4) is 0 Å². The summed E-state index contributed by atoms with van der Waals surface area (Å²) in [6.45, 7) is 1.74. The summed E-state index contributed by atoms with van der Waals surface area (Å²) in [6.07, 6.45) is -0.909. The van der Waals surface area contributed by atoms with E-state index in [1.807, 2.05) is 0 Å². The smallest absolute Gasteiger partial charge is 0.435 e. The molecule has 1 aromatic rings. The van der Waals surface area contributed by atoms with Crippen molar-refractivity contribution in [2.24, 2.45) is 10.7 Å². The lowest BCUT2D eigenvalue weighted by Crippen LogP contribution is -2.16. The third-order valence-electron chi connectivity index (χ3n) is 1.58. The summed E-state index contributed by atoms with van der Waals surface area (Å²) in [4.78, 5) is 14.2. The maximum absolute atomic E-state index is 12.8. The van der Waals surface area contributed by atoms with Gasteiger partial charge in [0.15, 0.2) is 0 Å². The quantitative estimate of drug-likeness (QED) is 0.616. The Morgan fingerprint density at radius 2 is 2.06 bits per heavy atom. The van der Waals surface area contributed by atoms with E-state index in [4.69, 9.17) is 5.73 Å². The molecule has 0 heterocycles. The molecule has 0 saturated carbocycles. The topological polar surface area (TPSA) is 64.7 Å². The van der Waals surface area contributed by atoms with Gasteiger partial charge in [-0.05, 0) is 19.1 Å². The molecule has 0 spiro atoms. The maximum atomic E-state index is 12.8. The van der Waals surface area contributed by atoms with E-state index in [-0.39, 0.29) is 18.0 Å². The molecule has 1 radical (unpaired) electrons. The van der Waals surface area contributed by atoms with E-state index in [2.05, 4.69) is 9.73 Å². The minimum Gasteiger partial charge on any atom is -0.448 e. The average molecular weight is 227 g/mol. The van der Waals surface area contributed by atoms with Crippen molar-refractivity contribution in [3.63, 3.8) is 0 Å². The Morgan fingerprint density at radius 1 is 1.50 bits per heavy atom. The fraction of sp³-hybridized carbons (Fsp3) is 0.200. The first kappa shape index (κ1) is 12.1. The number of amides is 1. The van der Waals surface area contributed by atoms with Gasteiger partial charge in [-0.3, -0.25) is 0 Å². The first-order valence-corrected chi connectivity index (χ1v) is 4.42. The minimum atomic E-state index is -0.919. The molecule has 0 bridgehead atoms. The number of aliphatic imine (C=N–C) groups is 1. The van der Waals surface area contributed by atoms with Crippen LogP contribution in [0.25, 0.3) is 0 Å². The number of nitrogens with two attached hydrogens (primary N) is 1. The number of ether oxygens (including phenoxy) is 1. The number of carbonyl (C=O) groups is 1. The van der Waals surface area contributed by atoms with Crippen molar-refractivity contribution in [3.05, 3.63) is 35.4 Å². The van der Waals surface area contributed by atoms with Crippen LogP contribution in [0, 0.1) is 17.7 Å². The van der Waals surface area contributed by atoms with E-state index in [0.29, 0.717) is 0 Å². The van der Waals surface area contributed by atoms with Gasteiger partial charge in [0, 0.05) is 5.56 Å². The zero-order valence-corrected chi connectivity index (χ0v) is 8.46. The fourth-order valence-corrected chi connectivity index (χ4v) is 0.967. The lowest BCUT2D eigenvalue weighted by Gasteiger charge is -2.01. The average Bonchev–Trinajstić information content (AvgIpc) is 2.16. The Hall–Kier alpha value is -1.98. The number of amidine groups is 1. The van der Waals surface area contributed by atoms with Crippen LogP contribution in [0.4, 0.5) is 13.6 Å². The molecule has 1 amide bonds. The maximum Gasteiger partial charge on any atom is 0.435 e. The van der Waals surface area contributed by atoms with E-state index in [0.717, 1.165) is 12.1 Å². The predicted molar refractivity (Wildman–Crippen MR) is 52.9 cm³/mol. The van der Waals surface area contributed by atoms with Gasteiger partial charge in [0.1, 0.15) is 17.5 Å². The first-order chi connectivity index (χ1) is 7.52. The van der Waals surface area contributed by atoms with Crippen LogP contribution in [0.3, 0.4) is 0 Å². The molecular weight excluding hydrogens is 218 g/mol. The molecule has 85 valence electrons. The molecule has 6 heteroatoms. The Bertz CT molecular complexity index is 413. The first-order valence-electron chi connectivity index (χ1n) is 4.42. The Labute approximate surface area is 90.7 Å². The molecule has 0 saturated heterocycles. The highest BCUT2D eigenvalue weighted by Crippen LogP contribution is 2.07. The molecule has 0 atom stereocenters. The van der Waals surface area contributed by atoms with Gasteiger partial charge in [0.25, 0.3) is 0 Å². The molecule has 0 unspecified atom stereocenters. The van der Waals surface area contributed by atoms with E-state index < -0.39 is 17.7 Å². The Balaban J connectivity index is 2.95. The van der Waals surface area contributed by atoms with Gasteiger partial charge in [-0.25, -0.2) is 13.6 Å². The highest BCUT2D eigenvalue weighted by Gasteiger charge is 2.07. The van der Waals surface area contributed by atoms with Crippen LogP contribution in [0.15, 0.2) is 17.1 Å². The Kier molecular flexibility index (Phi) is 3.93. The van der Waals surface area contributed by atoms with Crippen molar-refractivity contribution in [1.29, 1.82) is 0 Å². The van der Waals surface area contributed by atoms with Crippen molar-refractivity contribution in [2.75, 3.05) is 6.61 Å². The molecule has 0 aliphatic heterocycles. The largest absolute Gasteiger partial charge is 0.448 e. The number of halogens is 2. The fourth-order valence-electron chi connectivity index (χ4n) is 0.967. The van der Waals surface area contributed by atoms with Crippen LogP contribution in [0.1, 0.15) is 12.5 Å². The minimum absolute atomic E-state index is 0.0400. The second-order valence-electron chi connectivity index (χ2n) is 2.76. The summed E-state index contributed by atoms with van der Waals surface area (Å²) >= 11 is 0. The molecule has 0 aliphatic carbocycles. The van der Waals surface area contributed by atoms with Gasteiger partial charge in [-0.15, -0.1) is 0 Å². The molecule has 4 nitrogen and oxygen atoms in total. The number of hydrogen-bond donors (Lipinski definition) is 1. The van der Waals surface area contributed by atoms with Crippen molar-refractivity contribution in [1.82, 2.24) is 0 Å². The van der Waals surface area contributed by atoms with Gasteiger partial charge in [-0.2, -0.15) is 4.99 Å². The summed E-state index contributed by atoms with van der Waals surface area (Å²) in [5.41, 5.74) is 5.33. The zero-order chi connectivity index (χ0) is 12.1. The molecule has 2 N–H and O–H groups in total. The highest BCUT2D eigenvalue weighted by molar-refractivity contribution is 6.02. The predicted octanol–water partition coefficient (Wildman–Crippen LogP) is 1.63. The van der Waals surface area contributed by atoms with Crippen LogP contribution in [0.2, 0.25) is 0 Å². The molecule has 1 aromatic carbocycles. The SMILES string of the molecule is CCOC(=O)N=C(N)c1cc(F)[c]c(F)c1. The van der Waals surface area contributed by atoms with Crippen LogP contribution in [-0.4, -0.2) is 18.5 Å².